The molecule has 2 N–H and O–H groups in total. The first kappa shape index (κ1) is 24.9. The summed E-state index contributed by atoms with van der Waals surface area (Å²) < 4.78 is 0. The van der Waals surface area contributed by atoms with Crippen LogP contribution >= 0.6 is 24.0 Å². The number of rotatable bonds is 7. The number of carbonyl (C=O) groups excluding carboxylic acids is 1. The molecule has 168 valence electrons. The monoisotopic (exact) mass is 527 g/mol. The molecule has 1 saturated heterocycles. The van der Waals surface area contributed by atoms with Crippen molar-refractivity contribution in [3.8, 4) is 0 Å². The molecule has 1 aliphatic carbocycles. The molecule has 0 radical (unpaired) electrons. The van der Waals surface area contributed by atoms with E-state index in [1.54, 1.807) is 0 Å². The van der Waals surface area contributed by atoms with Gasteiger partial charge in [0.1, 0.15) is 0 Å². The van der Waals surface area contributed by atoms with Crippen LogP contribution in [-0.4, -0.2) is 68.5 Å². The number of guanidine groups is 1. The summed E-state index contributed by atoms with van der Waals surface area (Å²) in [5.41, 5.74) is 2.30. The van der Waals surface area contributed by atoms with E-state index in [1.165, 1.54) is 32.1 Å². The fourth-order valence-electron chi connectivity index (χ4n) is 4.55. The second-order valence-electron chi connectivity index (χ2n) is 8.81. The van der Waals surface area contributed by atoms with Crippen LogP contribution in [0, 0.1) is 5.41 Å². The Bertz CT molecular complexity index is 715. The van der Waals surface area contributed by atoms with E-state index in [-0.39, 0.29) is 29.9 Å². The molecule has 0 unspecified atom stereocenters. The van der Waals surface area contributed by atoms with E-state index >= 15 is 0 Å². The van der Waals surface area contributed by atoms with Crippen LogP contribution in [-0.2, 0) is 6.54 Å². The Balaban J connectivity index is 0.00000320. The Morgan fingerprint density at radius 1 is 1.20 bits per heavy atom. The Morgan fingerprint density at radius 2 is 1.97 bits per heavy atom. The zero-order chi connectivity index (χ0) is 20.7. The lowest BCUT2D eigenvalue weighted by Crippen LogP contribution is -2.41. The summed E-state index contributed by atoms with van der Waals surface area (Å²) in [7, 11) is 4.00. The summed E-state index contributed by atoms with van der Waals surface area (Å²) in [5, 5.41) is 6.45. The highest BCUT2D eigenvalue weighted by Gasteiger charge is 2.41. The average molecular weight is 527 g/mol. The van der Waals surface area contributed by atoms with Crippen molar-refractivity contribution >= 4 is 35.8 Å². The van der Waals surface area contributed by atoms with E-state index in [4.69, 9.17) is 4.99 Å². The molecule has 2 aliphatic rings. The molecule has 1 aromatic rings. The maximum Gasteiger partial charge on any atom is 0.251 e. The second kappa shape index (κ2) is 11.9. The van der Waals surface area contributed by atoms with E-state index in [0.717, 1.165) is 37.7 Å². The SMILES string of the molecule is CCNC(=NCc1cccc(C(=O)NCCN(C)C)c1)N1CCC2(CCCC2)C1.I. The van der Waals surface area contributed by atoms with Gasteiger partial charge in [-0.3, -0.25) is 4.79 Å². The third kappa shape index (κ3) is 6.83. The van der Waals surface area contributed by atoms with Crippen LogP contribution in [0.5, 0.6) is 0 Å². The van der Waals surface area contributed by atoms with Crippen molar-refractivity contribution in [2.75, 3.05) is 46.8 Å². The largest absolute Gasteiger partial charge is 0.357 e. The molecule has 1 saturated carbocycles. The fraction of sp³-hybridized carbons (Fsp3) is 0.652. The van der Waals surface area contributed by atoms with E-state index in [0.29, 0.717) is 24.1 Å². The minimum absolute atomic E-state index is 0. The molecule has 1 amide bonds. The van der Waals surface area contributed by atoms with Crippen LogP contribution < -0.4 is 10.6 Å². The summed E-state index contributed by atoms with van der Waals surface area (Å²) in [6.45, 7) is 7.29. The summed E-state index contributed by atoms with van der Waals surface area (Å²) in [6, 6.07) is 7.82. The lowest BCUT2D eigenvalue weighted by molar-refractivity contribution is 0.0951. The number of nitrogens with zero attached hydrogens (tertiary/aromatic N) is 3. The highest BCUT2D eigenvalue weighted by atomic mass is 127. The van der Waals surface area contributed by atoms with E-state index in [1.807, 2.05) is 38.4 Å². The van der Waals surface area contributed by atoms with E-state index in [9.17, 15) is 4.79 Å². The minimum atomic E-state index is -0.0210. The minimum Gasteiger partial charge on any atom is -0.357 e. The molecule has 0 aromatic heterocycles. The molecule has 0 bridgehead atoms. The predicted molar refractivity (Wildman–Crippen MR) is 135 cm³/mol. The molecule has 1 aromatic carbocycles. The van der Waals surface area contributed by atoms with Gasteiger partial charge in [-0.1, -0.05) is 25.0 Å². The van der Waals surface area contributed by atoms with Crippen LogP contribution in [0.3, 0.4) is 0 Å². The van der Waals surface area contributed by atoms with E-state index < -0.39 is 0 Å². The van der Waals surface area contributed by atoms with Gasteiger partial charge in [-0.05, 0) is 63.4 Å². The first-order valence-corrected chi connectivity index (χ1v) is 11.1. The molecule has 30 heavy (non-hydrogen) atoms. The number of benzene rings is 1. The molecule has 2 fully saturated rings. The van der Waals surface area contributed by atoms with Crippen molar-refractivity contribution in [3.05, 3.63) is 35.4 Å². The van der Waals surface area contributed by atoms with Crippen LogP contribution in [0.1, 0.15) is 54.9 Å². The van der Waals surface area contributed by atoms with Gasteiger partial charge in [-0.25, -0.2) is 4.99 Å². The maximum absolute atomic E-state index is 12.4. The summed E-state index contributed by atoms with van der Waals surface area (Å²) in [6.07, 6.45) is 6.79. The average Bonchev–Trinajstić information content (AvgIpc) is 3.35. The van der Waals surface area contributed by atoms with Crippen molar-refractivity contribution in [3.63, 3.8) is 0 Å². The summed E-state index contributed by atoms with van der Waals surface area (Å²) in [5.74, 6) is 0.990. The summed E-state index contributed by atoms with van der Waals surface area (Å²) in [4.78, 5) is 21.8. The smallest absolute Gasteiger partial charge is 0.251 e. The number of hydrogen-bond acceptors (Lipinski definition) is 3. The van der Waals surface area contributed by atoms with Crippen molar-refractivity contribution in [2.45, 2.75) is 45.6 Å². The molecular formula is C23H38IN5O. The van der Waals surface area contributed by atoms with Crippen molar-refractivity contribution in [1.82, 2.24) is 20.4 Å². The van der Waals surface area contributed by atoms with Gasteiger partial charge in [0, 0.05) is 38.3 Å². The number of halogens is 1. The Hall–Kier alpha value is -1.35. The number of likely N-dealkylation sites (tertiary alicyclic amines) is 1. The van der Waals surface area contributed by atoms with Gasteiger partial charge in [0.05, 0.1) is 6.54 Å². The number of carbonyl (C=O) groups is 1. The molecule has 0 atom stereocenters. The third-order valence-electron chi connectivity index (χ3n) is 6.18. The lowest BCUT2D eigenvalue weighted by atomic mass is 9.86. The lowest BCUT2D eigenvalue weighted by Gasteiger charge is -2.26. The van der Waals surface area contributed by atoms with Gasteiger partial charge in [0.25, 0.3) is 5.91 Å². The van der Waals surface area contributed by atoms with Crippen molar-refractivity contribution in [1.29, 1.82) is 0 Å². The zero-order valence-corrected chi connectivity index (χ0v) is 21.1. The maximum atomic E-state index is 12.4. The Morgan fingerprint density at radius 3 is 2.67 bits per heavy atom. The summed E-state index contributed by atoms with van der Waals surface area (Å²) >= 11 is 0. The number of aliphatic imine (C=N–C) groups is 1. The van der Waals surface area contributed by atoms with Gasteiger partial charge in [-0.2, -0.15) is 0 Å². The zero-order valence-electron chi connectivity index (χ0n) is 18.7. The second-order valence-corrected chi connectivity index (χ2v) is 8.81. The van der Waals surface area contributed by atoms with Gasteiger partial charge < -0.3 is 20.4 Å². The topological polar surface area (TPSA) is 60.0 Å². The molecule has 6 nitrogen and oxygen atoms in total. The van der Waals surface area contributed by atoms with Gasteiger partial charge in [-0.15, -0.1) is 24.0 Å². The van der Waals surface area contributed by atoms with Crippen LogP contribution in [0.15, 0.2) is 29.3 Å². The molecular weight excluding hydrogens is 489 g/mol. The van der Waals surface area contributed by atoms with Crippen molar-refractivity contribution < 1.29 is 4.79 Å². The van der Waals surface area contributed by atoms with Gasteiger partial charge in [0.2, 0.25) is 0 Å². The first-order chi connectivity index (χ1) is 14.0. The van der Waals surface area contributed by atoms with Gasteiger partial charge in [0.15, 0.2) is 5.96 Å². The molecule has 3 rings (SSSR count). The third-order valence-corrected chi connectivity index (χ3v) is 6.18. The van der Waals surface area contributed by atoms with Crippen molar-refractivity contribution in [2.24, 2.45) is 10.4 Å². The predicted octanol–water partition coefficient (Wildman–Crippen LogP) is 3.33. The number of nitrogens with one attached hydrogen (secondary N) is 2. The van der Waals surface area contributed by atoms with Crippen LogP contribution in [0.2, 0.25) is 0 Å². The standard InChI is InChI=1S/C23H37N5O.HI/c1-4-24-22(28-14-12-23(18-28)10-5-6-11-23)26-17-19-8-7-9-20(16-19)21(29)25-13-15-27(2)3;/h7-9,16H,4-6,10-15,17-18H2,1-3H3,(H,24,26)(H,25,29);1H. The first-order valence-electron chi connectivity index (χ1n) is 11.1. The Kier molecular flexibility index (Phi) is 9.87. The highest BCUT2D eigenvalue weighted by molar-refractivity contribution is 14.0. The normalized spacial score (nSPS) is 18.0. The molecule has 1 heterocycles. The quantitative estimate of drug-likeness (QED) is 0.325. The number of hydrogen-bond donors (Lipinski definition) is 2. The van der Waals surface area contributed by atoms with E-state index in [2.05, 4.69) is 27.4 Å². The molecule has 1 aliphatic heterocycles. The molecule has 1 spiro atoms. The molecule has 7 heteroatoms. The van der Waals surface area contributed by atoms with Gasteiger partial charge >= 0.3 is 0 Å². The number of likely N-dealkylation sites (N-methyl/N-ethyl adjacent to an activating group) is 1. The Labute approximate surface area is 198 Å². The van der Waals surface area contributed by atoms with Crippen LogP contribution in [0.25, 0.3) is 0 Å². The fourth-order valence-corrected chi connectivity index (χ4v) is 4.55. The number of amides is 1. The van der Waals surface area contributed by atoms with Crippen LogP contribution in [0.4, 0.5) is 0 Å². The highest BCUT2D eigenvalue weighted by Crippen LogP contribution is 2.45.